The number of benzene rings is 1. The van der Waals surface area contributed by atoms with Crippen molar-refractivity contribution in [1.29, 1.82) is 0 Å². The van der Waals surface area contributed by atoms with Crippen molar-refractivity contribution in [3.05, 3.63) is 29.8 Å². The molecule has 1 aromatic carbocycles. The van der Waals surface area contributed by atoms with Crippen molar-refractivity contribution < 1.29 is 14.6 Å². The van der Waals surface area contributed by atoms with Crippen LogP contribution < -0.4 is 0 Å². The zero-order valence-corrected chi connectivity index (χ0v) is 14.6. The van der Waals surface area contributed by atoms with E-state index < -0.39 is 5.60 Å². The minimum atomic E-state index is -0.457. The van der Waals surface area contributed by atoms with Gasteiger partial charge in [0.25, 0.3) is 0 Å². The van der Waals surface area contributed by atoms with Crippen LogP contribution in [0.4, 0.5) is 4.79 Å². The maximum absolute atomic E-state index is 12.1. The number of aromatic hydroxyl groups is 1. The van der Waals surface area contributed by atoms with Gasteiger partial charge in [0.1, 0.15) is 11.4 Å². The van der Waals surface area contributed by atoms with E-state index in [-0.39, 0.29) is 12.1 Å². The summed E-state index contributed by atoms with van der Waals surface area (Å²) in [5.41, 5.74) is 0.667. The number of hydrogen-bond donors (Lipinski definition) is 1. The Bertz CT molecular complexity index is 531. The van der Waals surface area contributed by atoms with Crippen LogP contribution in [0.3, 0.4) is 0 Å². The van der Waals surface area contributed by atoms with Crippen LogP contribution in [-0.2, 0) is 4.74 Å². The number of nitrogens with zero attached hydrogens (tertiary/aromatic N) is 2. The fraction of sp³-hybridized carbons (Fsp3) is 0.611. The summed E-state index contributed by atoms with van der Waals surface area (Å²) >= 11 is 0. The normalized spacial score (nSPS) is 17.8. The van der Waals surface area contributed by atoms with Crippen molar-refractivity contribution in [2.24, 2.45) is 0 Å². The first kappa shape index (κ1) is 17.6. The van der Waals surface area contributed by atoms with E-state index in [1.807, 2.05) is 39.0 Å². The van der Waals surface area contributed by atoms with Crippen molar-refractivity contribution in [2.45, 2.75) is 45.8 Å². The Kier molecular flexibility index (Phi) is 5.52. The first-order valence-corrected chi connectivity index (χ1v) is 8.31. The first-order chi connectivity index (χ1) is 10.8. The maximum atomic E-state index is 12.1. The average molecular weight is 320 g/mol. The SMILES string of the molecule is CCC(c1cccc(O)c1)N1CCN(C(=O)OC(C)(C)C)CC1. The lowest BCUT2D eigenvalue weighted by Crippen LogP contribution is -2.50. The number of phenols is 1. The maximum Gasteiger partial charge on any atom is 0.410 e. The van der Waals surface area contributed by atoms with Crippen molar-refractivity contribution >= 4 is 6.09 Å². The van der Waals surface area contributed by atoms with Gasteiger partial charge in [0.05, 0.1) is 0 Å². The highest BCUT2D eigenvalue weighted by atomic mass is 16.6. The molecular formula is C18H28N2O3. The van der Waals surface area contributed by atoms with Gasteiger partial charge in [-0.15, -0.1) is 0 Å². The number of ether oxygens (including phenoxy) is 1. The Morgan fingerprint density at radius 2 is 1.91 bits per heavy atom. The summed E-state index contributed by atoms with van der Waals surface area (Å²) in [7, 11) is 0. The molecule has 0 bridgehead atoms. The van der Waals surface area contributed by atoms with Gasteiger partial charge in [0.15, 0.2) is 0 Å². The summed E-state index contributed by atoms with van der Waals surface area (Å²) in [6, 6.07) is 7.71. The lowest BCUT2D eigenvalue weighted by Gasteiger charge is -2.39. The molecule has 23 heavy (non-hydrogen) atoms. The molecule has 0 saturated carbocycles. The highest BCUT2D eigenvalue weighted by molar-refractivity contribution is 5.68. The second-order valence-electron chi connectivity index (χ2n) is 7.02. The standard InChI is InChI=1S/C18H28N2O3/c1-5-16(14-7-6-8-15(21)13-14)19-9-11-20(12-10-19)17(22)23-18(2,3)4/h6-8,13,16,21H,5,9-12H2,1-4H3. The molecule has 0 radical (unpaired) electrons. The van der Waals surface area contributed by atoms with Crippen molar-refractivity contribution in [3.8, 4) is 5.75 Å². The molecule has 0 aromatic heterocycles. The van der Waals surface area contributed by atoms with Crippen LogP contribution in [0.5, 0.6) is 5.75 Å². The molecule has 1 aliphatic rings. The van der Waals surface area contributed by atoms with Crippen LogP contribution in [0, 0.1) is 0 Å². The van der Waals surface area contributed by atoms with E-state index in [1.165, 1.54) is 0 Å². The molecular weight excluding hydrogens is 292 g/mol. The number of phenolic OH excluding ortho intramolecular Hbond substituents is 1. The number of rotatable bonds is 3. The van der Waals surface area contributed by atoms with Crippen LogP contribution in [0.1, 0.15) is 45.7 Å². The predicted octanol–water partition coefficient (Wildman–Crippen LogP) is 3.40. The molecule has 1 heterocycles. The minimum Gasteiger partial charge on any atom is -0.508 e. The molecule has 5 nitrogen and oxygen atoms in total. The second kappa shape index (κ2) is 7.21. The molecule has 1 N–H and O–H groups in total. The molecule has 1 saturated heterocycles. The monoisotopic (exact) mass is 320 g/mol. The minimum absolute atomic E-state index is 0.234. The van der Waals surface area contributed by atoms with E-state index in [4.69, 9.17) is 4.74 Å². The number of carbonyl (C=O) groups is 1. The summed E-state index contributed by atoms with van der Waals surface area (Å²) in [4.78, 5) is 16.3. The Morgan fingerprint density at radius 3 is 2.43 bits per heavy atom. The van der Waals surface area contributed by atoms with Crippen LogP contribution in [0.15, 0.2) is 24.3 Å². The summed E-state index contributed by atoms with van der Waals surface area (Å²) < 4.78 is 5.44. The third-order valence-electron chi connectivity index (χ3n) is 4.05. The largest absolute Gasteiger partial charge is 0.508 e. The van der Waals surface area contributed by atoms with Crippen molar-refractivity contribution in [2.75, 3.05) is 26.2 Å². The van der Waals surface area contributed by atoms with E-state index in [0.717, 1.165) is 25.1 Å². The molecule has 1 amide bonds. The van der Waals surface area contributed by atoms with Gasteiger partial charge in [-0.25, -0.2) is 4.79 Å². The summed E-state index contributed by atoms with van der Waals surface area (Å²) in [6.45, 7) is 10.8. The molecule has 1 aliphatic heterocycles. The lowest BCUT2D eigenvalue weighted by molar-refractivity contribution is 0.00998. The zero-order chi connectivity index (χ0) is 17.0. The fourth-order valence-electron chi connectivity index (χ4n) is 2.98. The highest BCUT2D eigenvalue weighted by Gasteiger charge is 2.28. The first-order valence-electron chi connectivity index (χ1n) is 8.31. The summed E-state index contributed by atoms with van der Waals surface area (Å²) in [6.07, 6.45) is 0.734. The summed E-state index contributed by atoms with van der Waals surface area (Å²) in [5.74, 6) is 0.299. The number of amides is 1. The van der Waals surface area contributed by atoms with Gasteiger partial charge in [0.2, 0.25) is 0 Å². The highest BCUT2D eigenvalue weighted by Crippen LogP contribution is 2.27. The molecule has 5 heteroatoms. The number of piperazine rings is 1. The quantitative estimate of drug-likeness (QED) is 0.927. The smallest absolute Gasteiger partial charge is 0.410 e. The van der Waals surface area contributed by atoms with Gasteiger partial charge in [-0.2, -0.15) is 0 Å². The van der Waals surface area contributed by atoms with E-state index in [9.17, 15) is 9.90 Å². The average Bonchev–Trinajstić information content (AvgIpc) is 2.47. The molecule has 128 valence electrons. The van der Waals surface area contributed by atoms with E-state index in [1.54, 1.807) is 11.0 Å². The molecule has 0 aliphatic carbocycles. The summed E-state index contributed by atoms with van der Waals surface area (Å²) in [5, 5.41) is 9.69. The number of hydrogen-bond acceptors (Lipinski definition) is 4. The van der Waals surface area contributed by atoms with Gasteiger partial charge >= 0.3 is 6.09 Å². The Labute approximate surface area is 138 Å². The van der Waals surface area contributed by atoms with Crippen LogP contribution >= 0.6 is 0 Å². The van der Waals surface area contributed by atoms with E-state index in [2.05, 4.69) is 11.8 Å². The molecule has 1 atom stereocenters. The van der Waals surface area contributed by atoms with E-state index >= 15 is 0 Å². The Hall–Kier alpha value is -1.75. The molecule has 0 spiro atoms. The Balaban J connectivity index is 1.96. The topological polar surface area (TPSA) is 53.0 Å². The van der Waals surface area contributed by atoms with Gasteiger partial charge in [-0.1, -0.05) is 19.1 Å². The van der Waals surface area contributed by atoms with Crippen LogP contribution in [-0.4, -0.2) is 52.8 Å². The van der Waals surface area contributed by atoms with Gasteiger partial charge < -0.3 is 14.7 Å². The molecule has 1 unspecified atom stereocenters. The predicted molar refractivity (Wildman–Crippen MR) is 90.5 cm³/mol. The van der Waals surface area contributed by atoms with Crippen LogP contribution in [0.25, 0.3) is 0 Å². The van der Waals surface area contributed by atoms with Gasteiger partial charge in [0, 0.05) is 32.2 Å². The molecule has 2 rings (SSSR count). The van der Waals surface area contributed by atoms with Crippen molar-refractivity contribution in [3.63, 3.8) is 0 Å². The fourth-order valence-corrected chi connectivity index (χ4v) is 2.98. The number of carbonyl (C=O) groups excluding carboxylic acids is 1. The Morgan fingerprint density at radius 1 is 1.26 bits per heavy atom. The third-order valence-corrected chi connectivity index (χ3v) is 4.05. The molecule has 1 fully saturated rings. The van der Waals surface area contributed by atoms with Crippen LogP contribution in [0.2, 0.25) is 0 Å². The zero-order valence-electron chi connectivity index (χ0n) is 14.6. The lowest BCUT2D eigenvalue weighted by atomic mass is 10.0. The third kappa shape index (κ3) is 4.86. The van der Waals surface area contributed by atoms with E-state index in [0.29, 0.717) is 18.8 Å². The van der Waals surface area contributed by atoms with Crippen molar-refractivity contribution in [1.82, 2.24) is 9.80 Å². The second-order valence-corrected chi connectivity index (χ2v) is 7.02. The molecule has 1 aromatic rings. The van der Waals surface area contributed by atoms with Gasteiger partial charge in [-0.05, 0) is 44.9 Å². The van der Waals surface area contributed by atoms with Gasteiger partial charge in [-0.3, -0.25) is 4.90 Å².